The Hall–Kier alpha value is -2.76. The van der Waals surface area contributed by atoms with Crippen LogP contribution in [0, 0.1) is 17.6 Å². The average molecular weight is 372 g/mol. The number of carbonyl (C=O) groups is 2. The molecule has 1 aliphatic rings. The van der Waals surface area contributed by atoms with Crippen LogP contribution in [-0.2, 0) is 11.2 Å². The maximum absolute atomic E-state index is 13.0. The maximum Gasteiger partial charge on any atom is 0.253 e. The normalized spacial score (nSPS) is 14.8. The molecule has 4 nitrogen and oxygen atoms in total. The van der Waals surface area contributed by atoms with E-state index in [1.54, 1.807) is 17.0 Å². The summed E-state index contributed by atoms with van der Waals surface area (Å²) in [5, 5.41) is 2.92. The highest BCUT2D eigenvalue weighted by atomic mass is 19.1. The van der Waals surface area contributed by atoms with Crippen LogP contribution in [0.15, 0.2) is 48.5 Å². The summed E-state index contributed by atoms with van der Waals surface area (Å²) < 4.78 is 25.9. The van der Waals surface area contributed by atoms with Crippen molar-refractivity contribution in [3.63, 3.8) is 0 Å². The van der Waals surface area contributed by atoms with Gasteiger partial charge in [0.15, 0.2) is 0 Å². The van der Waals surface area contributed by atoms with Crippen molar-refractivity contribution >= 4 is 11.8 Å². The zero-order chi connectivity index (χ0) is 19.2. The topological polar surface area (TPSA) is 49.4 Å². The number of halogens is 2. The summed E-state index contributed by atoms with van der Waals surface area (Å²) >= 11 is 0. The first-order chi connectivity index (χ1) is 13.0. The molecule has 2 amide bonds. The molecule has 0 unspecified atom stereocenters. The molecule has 3 rings (SSSR count). The van der Waals surface area contributed by atoms with Crippen LogP contribution in [0.3, 0.4) is 0 Å². The van der Waals surface area contributed by atoms with E-state index in [1.807, 2.05) is 0 Å². The molecule has 0 radical (unpaired) electrons. The summed E-state index contributed by atoms with van der Waals surface area (Å²) in [6, 6.07) is 11.7. The Morgan fingerprint density at radius 2 is 1.48 bits per heavy atom. The molecule has 1 saturated heterocycles. The third-order valence-electron chi connectivity index (χ3n) is 4.87. The van der Waals surface area contributed by atoms with Gasteiger partial charge in [-0.1, -0.05) is 12.1 Å². The Bertz CT molecular complexity index is 783. The van der Waals surface area contributed by atoms with Crippen LogP contribution in [-0.4, -0.2) is 36.3 Å². The van der Waals surface area contributed by atoms with Gasteiger partial charge < -0.3 is 10.2 Å². The zero-order valence-electron chi connectivity index (χ0n) is 15.0. The van der Waals surface area contributed by atoms with Crippen molar-refractivity contribution in [3.8, 4) is 0 Å². The summed E-state index contributed by atoms with van der Waals surface area (Å²) in [5.74, 6) is -0.904. The molecule has 0 spiro atoms. The van der Waals surface area contributed by atoms with Gasteiger partial charge in [0.05, 0.1) is 0 Å². The largest absolute Gasteiger partial charge is 0.356 e. The van der Waals surface area contributed by atoms with Crippen LogP contribution in [0.5, 0.6) is 0 Å². The summed E-state index contributed by atoms with van der Waals surface area (Å²) in [6.07, 6.45) is 1.86. The molecule has 1 aliphatic heterocycles. The fraction of sp³-hybridized carbons (Fsp3) is 0.333. The zero-order valence-corrected chi connectivity index (χ0v) is 15.0. The van der Waals surface area contributed by atoms with Gasteiger partial charge >= 0.3 is 0 Å². The Kier molecular flexibility index (Phi) is 6.16. The maximum atomic E-state index is 13.0. The molecular formula is C21H22F2N2O2. The van der Waals surface area contributed by atoms with Crippen molar-refractivity contribution in [2.45, 2.75) is 19.3 Å². The van der Waals surface area contributed by atoms with Gasteiger partial charge in [0, 0.05) is 31.1 Å². The number of hydrogen-bond donors (Lipinski definition) is 1. The lowest BCUT2D eigenvalue weighted by Crippen LogP contribution is -2.43. The number of benzene rings is 2. The number of amides is 2. The van der Waals surface area contributed by atoms with Gasteiger partial charge in [-0.2, -0.15) is 0 Å². The summed E-state index contributed by atoms with van der Waals surface area (Å²) in [7, 11) is 0. The highest BCUT2D eigenvalue weighted by Gasteiger charge is 2.27. The molecule has 1 N–H and O–H groups in total. The van der Waals surface area contributed by atoms with E-state index in [-0.39, 0.29) is 29.4 Å². The van der Waals surface area contributed by atoms with Crippen molar-refractivity contribution in [1.82, 2.24) is 10.2 Å². The Morgan fingerprint density at radius 3 is 2.07 bits per heavy atom. The van der Waals surface area contributed by atoms with Crippen molar-refractivity contribution in [2.24, 2.45) is 5.92 Å². The smallest absolute Gasteiger partial charge is 0.253 e. The number of likely N-dealkylation sites (tertiary alicyclic amines) is 1. The number of hydrogen-bond acceptors (Lipinski definition) is 2. The van der Waals surface area contributed by atoms with Crippen LogP contribution >= 0.6 is 0 Å². The average Bonchev–Trinajstić information content (AvgIpc) is 2.69. The molecule has 0 saturated carbocycles. The van der Waals surface area contributed by atoms with E-state index < -0.39 is 0 Å². The molecular weight excluding hydrogens is 350 g/mol. The predicted molar refractivity (Wildman–Crippen MR) is 98.1 cm³/mol. The standard InChI is InChI=1S/C21H22F2N2O2/c22-18-5-1-15(2-6-18)9-12-24-20(26)16-10-13-25(14-11-16)21(27)17-3-7-19(23)8-4-17/h1-8,16H,9-14H2,(H,24,26). The van der Waals surface area contributed by atoms with Crippen molar-refractivity contribution in [1.29, 1.82) is 0 Å². The molecule has 6 heteroatoms. The van der Waals surface area contributed by atoms with E-state index in [0.717, 1.165) is 5.56 Å². The first-order valence-electron chi connectivity index (χ1n) is 9.10. The van der Waals surface area contributed by atoms with E-state index in [4.69, 9.17) is 0 Å². The van der Waals surface area contributed by atoms with E-state index in [2.05, 4.69) is 5.32 Å². The summed E-state index contributed by atoms with van der Waals surface area (Å²) in [5.41, 5.74) is 1.43. The van der Waals surface area contributed by atoms with Gasteiger partial charge in [0.2, 0.25) is 5.91 Å². The minimum atomic E-state index is -0.373. The van der Waals surface area contributed by atoms with Gasteiger partial charge in [-0.3, -0.25) is 9.59 Å². The summed E-state index contributed by atoms with van der Waals surface area (Å²) in [6.45, 7) is 1.51. The minimum Gasteiger partial charge on any atom is -0.356 e. The first-order valence-corrected chi connectivity index (χ1v) is 9.10. The number of carbonyl (C=O) groups excluding carboxylic acids is 2. The monoisotopic (exact) mass is 372 g/mol. The number of piperidine rings is 1. The molecule has 27 heavy (non-hydrogen) atoms. The van der Waals surface area contributed by atoms with E-state index in [0.29, 0.717) is 44.5 Å². The van der Waals surface area contributed by atoms with Crippen molar-refractivity contribution < 1.29 is 18.4 Å². The second-order valence-corrected chi connectivity index (χ2v) is 6.74. The molecule has 142 valence electrons. The fourth-order valence-corrected chi connectivity index (χ4v) is 3.25. The van der Waals surface area contributed by atoms with Crippen LogP contribution < -0.4 is 5.32 Å². The molecule has 1 heterocycles. The van der Waals surface area contributed by atoms with Crippen molar-refractivity contribution in [3.05, 3.63) is 71.3 Å². The van der Waals surface area contributed by atoms with Gasteiger partial charge in [0.1, 0.15) is 11.6 Å². The predicted octanol–water partition coefficient (Wildman–Crippen LogP) is 3.18. The molecule has 1 fully saturated rings. The van der Waals surface area contributed by atoms with Crippen LogP contribution in [0.2, 0.25) is 0 Å². The minimum absolute atomic E-state index is 0.00834. The second-order valence-electron chi connectivity index (χ2n) is 6.74. The molecule has 0 bridgehead atoms. The summed E-state index contributed by atoms with van der Waals surface area (Å²) in [4.78, 5) is 26.4. The molecule has 0 atom stereocenters. The Morgan fingerprint density at radius 1 is 0.926 bits per heavy atom. The Labute approximate surface area is 157 Å². The van der Waals surface area contributed by atoms with E-state index >= 15 is 0 Å². The number of nitrogens with zero attached hydrogens (tertiary/aromatic N) is 1. The van der Waals surface area contributed by atoms with Gasteiger partial charge in [0.25, 0.3) is 5.91 Å². The highest BCUT2D eigenvalue weighted by Crippen LogP contribution is 2.19. The van der Waals surface area contributed by atoms with Crippen LogP contribution in [0.25, 0.3) is 0 Å². The van der Waals surface area contributed by atoms with Crippen LogP contribution in [0.4, 0.5) is 8.78 Å². The van der Waals surface area contributed by atoms with E-state index in [1.165, 1.54) is 36.4 Å². The highest BCUT2D eigenvalue weighted by molar-refractivity contribution is 5.94. The number of nitrogens with one attached hydrogen (secondary N) is 1. The lowest BCUT2D eigenvalue weighted by atomic mass is 9.95. The molecule has 0 aliphatic carbocycles. The third kappa shape index (κ3) is 5.12. The third-order valence-corrected chi connectivity index (χ3v) is 4.87. The quantitative estimate of drug-likeness (QED) is 0.876. The first kappa shape index (κ1) is 19.0. The Balaban J connectivity index is 1.42. The van der Waals surface area contributed by atoms with E-state index in [9.17, 15) is 18.4 Å². The SMILES string of the molecule is O=C(NCCc1ccc(F)cc1)C1CCN(C(=O)c2ccc(F)cc2)CC1. The van der Waals surface area contributed by atoms with Gasteiger partial charge in [-0.15, -0.1) is 0 Å². The second kappa shape index (κ2) is 8.75. The lowest BCUT2D eigenvalue weighted by Gasteiger charge is -2.31. The van der Waals surface area contributed by atoms with Gasteiger partial charge in [-0.25, -0.2) is 8.78 Å². The molecule has 2 aromatic rings. The fourth-order valence-electron chi connectivity index (χ4n) is 3.25. The van der Waals surface area contributed by atoms with Crippen molar-refractivity contribution in [2.75, 3.05) is 19.6 Å². The number of rotatable bonds is 5. The lowest BCUT2D eigenvalue weighted by molar-refractivity contribution is -0.126. The van der Waals surface area contributed by atoms with Crippen LogP contribution in [0.1, 0.15) is 28.8 Å². The van der Waals surface area contributed by atoms with Gasteiger partial charge in [-0.05, 0) is 61.2 Å². The molecule has 0 aromatic heterocycles. The molecule has 2 aromatic carbocycles.